The van der Waals surface area contributed by atoms with Crippen LogP contribution in [0.25, 0.3) is 0 Å². The lowest BCUT2D eigenvalue weighted by molar-refractivity contribution is 0.106. The predicted octanol–water partition coefficient (Wildman–Crippen LogP) is 3.60. The molecule has 1 unspecified atom stereocenters. The van der Waals surface area contributed by atoms with Crippen LogP contribution in [0.5, 0.6) is 5.75 Å². The van der Waals surface area contributed by atoms with Gasteiger partial charge in [0, 0.05) is 52.9 Å². The molecule has 2 aromatic carbocycles. The van der Waals surface area contributed by atoms with Crippen LogP contribution in [0.2, 0.25) is 0 Å². The first-order valence-electron chi connectivity index (χ1n) is 10.0. The number of nitrogens with zero attached hydrogens (tertiary/aromatic N) is 1. The van der Waals surface area contributed by atoms with Gasteiger partial charge in [0.15, 0.2) is 5.96 Å². The number of halogens is 1. The quantitative estimate of drug-likeness (QED) is 0.332. The van der Waals surface area contributed by atoms with E-state index in [9.17, 15) is 4.39 Å². The average molecular weight is 418 g/mol. The molecule has 0 aliphatic rings. The standard InChI is InChI=1S/C23H32FN3O3/c1-17-6-7-19(21(14-17)30-13-5-12-28-3)15-26-23(25-2)27-16-22(29-4)18-8-10-20(24)11-9-18/h6-11,14,22H,5,12-13,15-16H2,1-4H3,(H2,25,26,27). The van der Waals surface area contributed by atoms with Gasteiger partial charge >= 0.3 is 0 Å². The SMILES string of the molecule is CN=C(NCc1ccc(C)cc1OCCCOC)NCC(OC)c1ccc(F)cc1. The van der Waals surface area contributed by atoms with Crippen molar-refractivity contribution in [1.82, 2.24) is 10.6 Å². The van der Waals surface area contributed by atoms with Gasteiger partial charge in [-0.1, -0.05) is 24.3 Å². The van der Waals surface area contributed by atoms with Crippen LogP contribution in [0.3, 0.4) is 0 Å². The minimum absolute atomic E-state index is 0.219. The van der Waals surface area contributed by atoms with Gasteiger partial charge in [-0.2, -0.15) is 0 Å². The molecule has 2 aromatic rings. The van der Waals surface area contributed by atoms with E-state index in [1.807, 2.05) is 13.0 Å². The lowest BCUT2D eigenvalue weighted by Gasteiger charge is -2.19. The molecule has 7 heteroatoms. The molecule has 0 saturated heterocycles. The van der Waals surface area contributed by atoms with E-state index in [1.54, 1.807) is 33.4 Å². The minimum Gasteiger partial charge on any atom is -0.493 e. The van der Waals surface area contributed by atoms with E-state index in [4.69, 9.17) is 14.2 Å². The first kappa shape index (κ1) is 23.6. The second kappa shape index (κ2) is 12.8. The zero-order valence-corrected chi connectivity index (χ0v) is 18.2. The average Bonchev–Trinajstić information content (AvgIpc) is 2.76. The Hall–Kier alpha value is -2.64. The number of benzene rings is 2. The number of hydrogen-bond donors (Lipinski definition) is 2. The van der Waals surface area contributed by atoms with Crippen molar-refractivity contribution >= 4 is 5.96 Å². The highest BCUT2D eigenvalue weighted by Crippen LogP contribution is 2.21. The summed E-state index contributed by atoms with van der Waals surface area (Å²) in [6, 6.07) is 12.5. The lowest BCUT2D eigenvalue weighted by Crippen LogP contribution is -2.39. The zero-order chi connectivity index (χ0) is 21.8. The second-order valence-electron chi connectivity index (χ2n) is 6.89. The van der Waals surface area contributed by atoms with Gasteiger partial charge < -0.3 is 24.8 Å². The molecular weight excluding hydrogens is 385 g/mol. The van der Waals surface area contributed by atoms with Gasteiger partial charge in [0.1, 0.15) is 11.6 Å². The molecule has 6 nitrogen and oxygen atoms in total. The van der Waals surface area contributed by atoms with Crippen molar-refractivity contribution in [1.29, 1.82) is 0 Å². The van der Waals surface area contributed by atoms with Crippen LogP contribution >= 0.6 is 0 Å². The molecule has 0 fully saturated rings. The summed E-state index contributed by atoms with van der Waals surface area (Å²) in [5, 5.41) is 6.56. The molecule has 0 spiro atoms. The van der Waals surface area contributed by atoms with Gasteiger partial charge in [0.2, 0.25) is 0 Å². The molecule has 164 valence electrons. The third-order valence-corrected chi connectivity index (χ3v) is 4.62. The van der Waals surface area contributed by atoms with Crippen molar-refractivity contribution in [2.24, 2.45) is 4.99 Å². The van der Waals surface area contributed by atoms with Crippen molar-refractivity contribution in [2.45, 2.75) is 26.0 Å². The van der Waals surface area contributed by atoms with Gasteiger partial charge in [0.25, 0.3) is 0 Å². The zero-order valence-electron chi connectivity index (χ0n) is 18.2. The highest BCUT2D eigenvalue weighted by molar-refractivity contribution is 5.79. The molecular formula is C23H32FN3O3. The van der Waals surface area contributed by atoms with Gasteiger partial charge in [-0.25, -0.2) is 4.39 Å². The Kier molecular flexibility index (Phi) is 10.1. The van der Waals surface area contributed by atoms with Crippen molar-refractivity contribution in [3.05, 3.63) is 65.0 Å². The number of ether oxygens (including phenoxy) is 3. The first-order chi connectivity index (χ1) is 14.6. The summed E-state index contributed by atoms with van der Waals surface area (Å²) in [5.74, 6) is 1.23. The van der Waals surface area contributed by atoms with E-state index in [1.165, 1.54) is 12.1 Å². The number of aliphatic imine (C=N–C) groups is 1. The molecule has 0 aliphatic heterocycles. The second-order valence-corrected chi connectivity index (χ2v) is 6.89. The summed E-state index contributed by atoms with van der Waals surface area (Å²) in [5.41, 5.74) is 3.08. The Bertz CT molecular complexity index is 797. The molecule has 1 atom stereocenters. The van der Waals surface area contributed by atoms with E-state index in [-0.39, 0.29) is 11.9 Å². The van der Waals surface area contributed by atoms with Crippen molar-refractivity contribution < 1.29 is 18.6 Å². The number of rotatable bonds is 11. The maximum atomic E-state index is 13.2. The van der Waals surface area contributed by atoms with Crippen molar-refractivity contribution in [3.8, 4) is 5.75 Å². The van der Waals surface area contributed by atoms with Gasteiger partial charge in [-0.05, 0) is 36.2 Å². The summed E-state index contributed by atoms with van der Waals surface area (Å²) in [6.45, 7) is 4.37. The molecule has 0 bridgehead atoms. The lowest BCUT2D eigenvalue weighted by atomic mass is 10.1. The number of aryl methyl sites for hydroxylation is 1. The molecule has 2 N–H and O–H groups in total. The van der Waals surface area contributed by atoms with Crippen LogP contribution in [0, 0.1) is 12.7 Å². The van der Waals surface area contributed by atoms with Crippen molar-refractivity contribution in [3.63, 3.8) is 0 Å². The Balaban J connectivity index is 1.92. The van der Waals surface area contributed by atoms with Gasteiger partial charge in [0.05, 0.1) is 12.7 Å². The number of guanidine groups is 1. The van der Waals surface area contributed by atoms with E-state index in [2.05, 4.69) is 27.8 Å². The fourth-order valence-electron chi connectivity index (χ4n) is 2.93. The monoisotopic (exact) mass is 417 g/mol. The van der Waals surface area contributed by atoms with Crippen LogP contribution < -0.4 is 15.4 Å². The van der Waals surface area contributed by atoms with E-state index in [0.717, 1.165) is 28.9 Å². The normalized spacial score (nSPS) is 12.5. The molecule has 0 aliphatic carbocycles. The van der Waals surface area contributed by atoms with Crippen LogP contribution in [-0.2, 0) is 16.0 Å². The Morgan fingerprint density at radius 2 is 1.83 bits per heavy atom. The summed E-state index contributed by atoms with van der Waals surface area (Å²) in [4.78, 5) is 4.27. The van der Waals surface area contributed by atoms with Gasteiger partial charge in [-0.3, -0.25) is 4.99 Å². The predicted molar refractivity (Wildman–Crippen MR) is 118 cm³/mol. The molecule has 2 rings (SSSR count). The summed E-state index contributed by atoms with van der Waals surface area (Å²) >= 11 is 0. The highest BCUT2D eigenvalue weighted by atomic mass is 19.1. The third-order valence-electron chi connectivity index (χ3n) is 4.62. The maximum absolute atomic E-state index is 13.2. The minimum atomic E-state index is -0.266. The van der Waals surface area contributed by atoms with E-state index >= 15 is 0 Å². The summed E-state index contributed by atoms with van der Waals surface area (Å²) < 4.78 is 29.7. The Labute approximate surface area is 178 Å². The van der Waals surface area contributed by atoms with Crippen molar-refractivity contribution in [2.75, 3.05) is 41.0 Å². The summed E-state index contributed by atoms with van der Waals surface area (Å²) in [6.07, 6.45) is 0.616. The Morgan fingerprint density at radius 1 is 1.07 bits per heavy atom. The Morgan fingerprint density at radius 3 is 2.50 bits per heavy atom. The third kappa shape index (κ3) is 7.65. The fraction of sp³-hybridized carbons (Fsp3) is 0.435. The van der Waals surface area contributed by atoms with Crippen LogP contribution in [-0.4, -0.2) is 47.0 Å². The molecule has 0 radical (unpaired) electrons. The highest BCUT2D eigenvalue weighted by Gasteiger charge is 2.12. The summed E-state index contributed by atoms with van der Waals surface area (Å²) in [7, 11) is 5.03. The number of methoxy groups -OCH3 is 2. The maximum Gasteiger partial charge on any atom is 0.191 e. The number of nitrogens with one attached hydrogen (secondary N) is 2. The smallest absolute Gasteiger partial charge is 0.191 e. The largest absolute Gasteiger partial charge is 0.493 e. The molecule has 0 saturated carbocycles. The van der Waals surface area contributed by atoms with Crippen LogP contribution in [0.4, 0.5) is 4.39 Å². The van der Waals surface area contributed by atoms with E-state index in [0.29, 0.717) is 32.3 Å². The first-order valence-corrected chi connectivity index (χ1v) is 10.0. The molecule has 0 heterocycles. The molecule has 30 heavy (non-hydrogen) atoms. The van der Waals surface area contributed by atoms with Crippen LogP contribution in [0.15, 0.2) is 47.5 Å². The number of hydrogen-bond acceptors (Lipinski definition) is 4. The molecule has 0 aromatic heterocycles. The topological polar surface area (TPSA) is 64.1 Å². The molecule has 0 amide bonds. The van der Waals surface area contributed by atoms with Crippen LogP contribution in [0.1, 0.15) is 29.2 Å². The fourth-order valence-corrected chi connectivity index (χ4v) is 2.93. The van der Waals surface area contributed by atoms with Gasteiger partial charge in [-0.15, -0.1) is 0 Å². The van der Waals surface area contributed by atoms with E-state index < -0.39 is 0 Å².